The van der Waals surface area contributed by atoms with Crippen molar-refractivity contribution in [2.24, 2.45) is 0 Å². The SMILES string of the molecule is C[C@H](O)[C@](O)(C(=O)O)C(=O)CO. The summed E-state index contributed by atoms with van der Waals surface area (Å²) in [5, 5.41) is 34.5. The Bertz CT molecular complexity index is 198. The Balaban J connectivity index is 4.87. The van der Waals surface area contributed by atoms with E-state index in [9.17, 15) is 9.59 Å². The summed E-state index contributed by atoms with van der Waals surface area (Å²) >= 11 is 0. The minimum absolute atomic E-state index is 0.946. The molecule has 0 aromatic carbocycles. The number of carboxylic acids is 1. The molecule has 0 rings (SSSR count). The maximum atomic E-state index is 10.7. The summed E-state index contributed by atoms with van der Waals surface area (Å²) in [4.78, 5) is 21.0. The zero-order chi connectivity index (χ0) is 9.94. The average molecular weight is 178 g/mol. The Hall–Kier alpha value is -0.980. The largest absolute Gasteiger partial charge is 0.479 e. The summed E-state index contributed by atoms with van der Waals surface area (Å²) < 4.78 is 0. The lowest BCUT2D eigenvalue weighted by Crippen LogP contribution is -2.55. The number of ketones is 1. The van der Waals surface area contributed by atoms with Gasteiger partial charge in [-0.15, -0.1) is 0 Å². The Morgan fingerprint density at radius 3 is 2.00 bits per heavy atom. The zero-order valence-electron chi connectivity index (χ0n) is 6.39. The lowest BCUT2D eigenvalue weighted by Gasteiger charge is -2.23. The van der Waals surface area contributed by atoms with Gasteiger partial charge in [0.1, 0.15) is 6.61 Å². The predicted molar refractivity (Wildman–Crippen MR) is 36.4 cm³/mol. The Kier molecular flexibility index (Phi) is 3.32. The van der Waals surface area contributed by atoms with Gasteiger partial charge in [-0.05, 0) is 6.92 Å². The number of carboxylic acid groups (broad SMARTS) is 1. The normalized spacial score (nSPS) is 18.0. The van der Waals surface area contributed by atoms with Gasteiger partial charge in [-0.3, -0.25) is 4.79 Å². The van der Waals surface area contributed by atoms with Gasteiger partial charge in [-0.2, -0.15) is 0 Å². The molecular formula is C6H10O6. The van der Waals surface area contributed by atoms with Crippen molar-refractivity contribution >= 4 is 11.8 Å². The van der Waals surface area contributed by atoms with Crippen molar-refractivity contribution in [3.63, 3.8) is 0 Å². The molecule has 12 heavy (non-hydrogen) atoms. The number of carbonyl (C=O) groups excluding carboxylic acids is 1. The smallest absolute Gasteiger partial charge is 0.346 e. The van der Waals surface area contributed by atoms with Gasteiger partial charge in [0.25, 0.3) is 0 Å². The maximum absolute atomic E-state index is 10.7. The number of aliphatic carboxylic acids is 1. The minimum Gasteiger partial charge on any atom is -0.479 e. The van der Waals surface area contributed by atoms with Gasteiger partial charge in [-0.1, -0.05) is 0 Å². The van der Waals surface area contributed by atoms with E-state index in [0.717, 1.165) is 6.92 Å². The van der Waals surface area contributed by atoms with E-state index in [1.165, 1.54) is 0 Å². The highest BCUT2D eigenvalue weighted by Gasteiger charge is 2.48. The molecule has 0 radical (unpaired) electrons. The van der Waals surface area contributed by atoms with Crippen molar-refractivity contribution in [2.75, 3.05) is 6.61 Å². The van der Waals surface area contributed by atoms with Gasteiger partial charge in [0.2, 0.25) is 11.4 Å². The third-order valence-electron chi connectivity index (χ3n) is 1.50. The first-order valence-corrected chi connectivity index (χ1v) is 3.15. The van der Waals surface area contributed by atoms with Gasteiger partial charge in [0.05, 0.1) is 6.10 Å². The molecule has 0 bridgehead atoms. The fraction of sp³-hybridized carbons (Fsp3) is 0.667. The Labute approximate surface area is 68.1 Å². The zero-order valence-corrected chi connectivity index (χ0v) is 6.39. The summed E-state index contributed by atoms with van der Waals surface area (Å²) in [6, 6.07) is 0. The van der Waals surface area contributed by atoms with Crippen LogP contribution in [-0.2, 0) is 9.59 Å². The molecule has 0 saturated heterocycles. The second-order valence-corrected chi connectivity index (χ2v) is 2.33. The van der Waals surface area contributed by atoms with Crippen LogP contribution in [-0.4, -0.2) is 50.5 Å². The van der Waals surface area contributed by atoms with E-state index in [0.29, 0.717) is 0 Å². The highest BCUT2D eigenvalue weighted by molar-refractivity contribution is 6.07. The molecule has 6 heteroatoms. The van der Waals surface area contributed by atoms with Gasteiger partial charge < -0.3 is 20.4 Å². The summed E-state index contributed by atoms with van der Waals surface area (Å²) in [6.45, 7) is -0.185. The summed E-state index contributed by atoms with van der Waals surface area (Å²) in [6.07, 6.45) is -1.77. The van der Waals surface area contributed by atoms with Gasteiger partial charge in [0, 0.05) is 0 Å². The number of hydrogen-bond acceptors (Lipinski definition) is 5. The third kappa shape index (κ3) is 1.60. The molecule has 0 spiro atoms. The second-order valence-electron chi connectivity index (χ2n) is 2.33. The summed E-state index contributed by atoms with van der Waals surface area (Å²) in [5.41, 5.74) is -2.91. The lowest BCUT2D eigenvalue weighted by atomic mass is 9.93. The average Bonchev–Trinajstić information content (AvgIpc) is 2.00. The molecular weight excluding hydrogens is 168 g/mol. The fourth-order valence-electron chi connectivity index (χ4n) is 0.651. The van der Waals surface area contributed by atoms with Crippen LogP contribution in [0.25, 0.3) is 0 Å². The predicted octanol–water partition coefficient (Wildman–Crippen LogP) is -2.26. The van der Waals surface area contributed by atoms with Crippen molar-refractivity contribution < 1.29 is 30.0 Å². The monoisotopic (exact) mass is 178 g/mol. The molecule has 0 fully saturated rings. The molecule has 0 aromatic heterocycles. The Morgan fingerprint density at radius 1 is 1.50 bits per heavy atom. The van der Waals surface area contributed by atoms with Crippen LogP contribution in [0, 0.1) is 0 Å². The molecule has 0 aliphatic carbocycles. The van der Waals surface area contributed by atoms with E-state index in [2.05, 4.69) is 0 Å². The number of rotatable bonds is 4. The van der Waals surface area contributed by atoms with Gasteiger partial charge in [-0.25, -0.2) is 4.79 Å². The van der Waals surface area contributed by atoms with Crippen molar-refractivity contribution in [1.29, 1.82) is 0 Å². The standard InChI is InChI=1S/C6H10O6/c1-3(8)6(12,5(10)11)4(9)2-7/h3,7-8,12H,2H2,1H3,(H,10,11)/t3-,6+/m0/s1. The van der Waals surface area contributed by atoms with Crippen LogP contribution in [0.1, 0.15) is 6.92 Å². The van der Waals surface area contributed by atoms with Crippen molar-refractivity contribution in [3.8, 4) is 0 Å². The number of Topliss-reactive ketones (excluding diaryl/α,β-unsaturated/α-hetero) is 1. The first-order chi connectivity index (χ1) is 5.37. The lowest BCUT2D eigenvalue weighted by molar-refractivity contribution is -0.177. The molecule has 0 aliphatic heterocycles. The fourth-order valence-corrected chi connectivity index (χ4v) is 0.651. The molecule has 0 amide bonds. The molecule has 0 heterocycles. The van der Waals surface area contributed by atoms with Crippen LogP contribution < -0.4 is 0 Å². The third-order valence-corrected chi connectivity index (χ3v) is 1.50. The topological polar surface area (TPSA) is 115 Å². The summed E-state index contributed by atoms with van der Waals surface area (Å²) in [7, 11) is 0. The van der Waals surface area contributed by atoms with E-state index in [1.807, 2.05) is 0 Å². The minimum atomic E-state index is -2.91. The van der Waals surface area contributed by atoms with Crippen LogP contribution in [0.4, 0.5) is 0 Å². The van der Waals surface area contributed by atoms with E-state index in [1.54, 1.807) is 0 Å². The van der Waals surface area contributed by atoms with Gasteiger partial charge in [0.15, 0.2) is 0 Å². The van der Waals surface area contributed by atoms with Crippen LogP contribution in [0.3, 0.4) is 0 Å². The van der Waals surface area contributed by atoms with Crippen molar-refractivity contribution in [2.45, 2.75) is 18.6 Å². The highest BCUT2D eigenvalue weighted by atomic mass is 16.4. The van der Waals surface area contributed by atoms with E-state index < -0.39 is 30.1 Å². The molecule has 0 saturated carbocycles. The molecule has 0 aromatic rings. The number of hydrogen-bond donors (Lipinski definition) is 4. The Morgan fingerprint density at radius 2 is 1.92 bits per heavy atom. The molecule has 2 atom stereocenters. The van der Waals surface area contributed by atoms with Crippen molar-refractivity contribution in [1.82, 2.24) is 0 Å². The molecule has 0 unspecified atom stereocenters. The quantitative estimate of drug-likeness (QED) is 0.361. The highest BCUT2D eigenvalue weighted by Crippen LogP contribution is 2.12. The van der Waals surface area contributed by atoms with E-state index in [4.69, 9.17) is 20.4 Å². The van der Waals surface area contributed by atoms with E-state index >= 15 is 0 Å². The summed E-state index contributed by atoms with van der Waals surface area (Å²) in [5.74, 6) is -3.22. The van der Waals surface area contributed by atoms with E-state index in [-0.39, 0.29) is 0 Å². The van der Waals surface area contributed by atoms with Crippen LogP contribution >= 0.6 is 0 Å². The number of carbonyl (C=O) groups is 2. The van der Waals surface area contributed by atoms with Crippen molar-refractivity contribution in [3.05, 3.63) is 0 Å². The number of aliphatic hydroxyl groups excluding tert-OH is 2. The van der Waals surface area contributed by atoms with Crippen LogP contribution in [0.5, 0.6) is 0 Å². The number of aliphatic hydroxyl groups is 3. The molecule has 4 N–H and O–H groups in total. The molecule has 70 valence electrons. The van der Waals surface area contributed by atoms with Crippen LogP contribution in [0.2, 0.25) is 0 Å². The first-order valence-electron chi connectivity index (χ1n) is 3.15. The van der Waals surface area contributed by atoms with Crippen LogP contribution in [0.15, 0.2) is 0 Å². The molecule has 0 aliphatic rings. The van der Waals surface area contributed by atoms with Gasteiger partial charge >= 0.3 is 5.97 Å². The second kappa shape index (κ2) is 3.61. The maximum Gasteiger partial charge on any atom is 0.346 e. The molecule has 6 nitrogen and oxygen atoms in total. The first kappa shape index (κ1) is 11.0.